The molecular weight excluding hydrogens is 265 g/mol. The Balaban J connectivity index is 2.20. The van der Waals surface area contributed by atoms with Crippen LogP contribution in [0.15, 0.2) is 36.7 Å². The lowest BCUT2D eigenvalue weighted by Gasteiger charge is -2.06. The number of benzene rings is 1. The number of ketones is 1. The molecule has 100 valence electrons. The van der Waals surface area contributed by atoms with Crippen LogP contribution in [0.25, 0.3) is 0 Å². The van der Waals surface area contributed by atoms with E-state index in [1.807, 2.05) is 18.4 Å². The van der Waals surface area contributed by atoms with Crippen LogP contribution in [0, 0.1) is 11.7 Å². The van der Waals surface area contributed by atoms with Crippen LogP contribution >= 0.6 is 11.6 Å². The molecular formula is C15H15ClFNO. The molecule has 0 spiro atoms. The van der Waals surface area contributed by atoms with Gasteiger partial charge >= 0.3 is 0 Å². The van der Waals surface area contributed by atoms with Gasteiger partial charge in [-0.3, -0.25) is 4.79 Å². The standard InChI is InChI=1S/C15H15ClFNO/c1-10(2)15(19)11-5-6-18(8-11)9-12-7-13(17)3-4-14(12)16/h3-8,10H,9H2,1-2H3. The molecule has 0 amide bonds. The van der Waals surface area contributed by atoms with Crippen molar-refractivity contribution in [1.82, 2.24) is 4.57 Å². The van der Waals surface area contributed by atoms with E-state index in [0.29, 0.717) is 22.7 Å². The summed E-state index contributed by atoms with van der Waals surface area (Å²) < 4.78 is 15.0. The molecule has 1 aromatic carbocycles. The molecule has 0 fully saturated rings. The van der Waals surface area contributed by atoms with Gasteiger partial charge in [0.15, 0.2) is 5.78 Å². The van der Waals surface area contributed by atoms with Crippen LogP contribution in [-0.2, 0) is 6.54 Å². The van der Waals surface area contributed by atoms with Gasteiger partial charge in [0.1, 0.15) is 5.82 Å². The zero-order chi connectivity index (χ0) is 14.0. The van der Waals surface area contributed by atoms with Crippen molar-refractivity contribution < 1.29 is 9.18 Å². The maximum Gasteiger partial charge on any atom is 0.166 e. The molecule has 0 N–H and O–H groups in total. The Bertz CT molecular complexity index is 604. The fraction of sp³-hybridized carbons (Fsp3) is 0.267. The summed E-state index contributed by atoms with van der Waals surface area (Å²) in [4.78, 5) is 11.8. The first kappa shape index (κ1) is 13.8. The van der Waals surface area contributed by atoms with E-state index in [2.05, 4.69) is 0 Å². The van der Waals surface area contributed by atoms with Gasteiger partial charge in [-0.2, -0.15) is 0 Å². The summed E-state index contributed by atoms with van der Waals surface area (Å²) in [5.74, 6) is -0.247. The third-order valence-corrected chi connectivity index (χ3v) is 3.29. The quantitative estimate of drug-likeness (QED) is 0.770. The molecule has 1 heterocycles. The second-order valence-electron chi connectivity index (χ2n) is 4.83. The summed E-state index contributed by atoms with van der Waals surface area (Å²) in [6.07, 6.45) is 3.57. The Labute approximate surface area is 116 Å². The molecule has 2 aromatic rings. The highest BCUT2D eigenvalue weighted by Gasteiger charge is 2.12. The summed E-state index contributed by atoms with van der Waals surface area (Å²) in [5.41, 5.74) is 1.36. The summed E-state index contributed by atoms with van der Waals surface area (Å²) in [6, 6.07) is 6.05. The van der Waals surface area contributed by atoms with E-state index in [9.17, 15) is 9.18 Å². The van der Waals surface area contributed by atoms with E-state index in [4.69, 9.17) is 11.6 Å². The van der Waals surface area contributed by atoms with Gasteiger partial charge < -0.3 is 4.57 Å². The minimum atomic E-state index is -0.315. The van der Waals surface area contributed by atoms with Crippen LogP contribution in [0.4, 0.5) is 4.39 Å². The Hall–Kier alpha value is -1.61. The Morgan fingerprint density at radius 1 is 1.37 bits per heavy atom. The fourth-order valence-electron chi connectivity index (χ4n) is 1.88. The number of carbonyl (C=O) groups excluding carboxylic acids is 1. The van der Waals surface area contributed by atoms with E-state index < -0.39 is 0 Å². The Kier molecular flexibility index (Phi) is 4.05. The van der Waals surface area contributed by atoms with Gasteiger partial charge in [0.25, 0.3) is 0 Å². The van der Waals surface area contributed by atoms with Crippen molar-refractivity contribution in [2.75, 3.05) is 0 Å². The minimum absolute atomic E-state index is 0.0337. The van der Waals surface area contributed by atoms with Crippen LogP contribution in [0.2, 0.25) is 5.02 Å². The number of nitrogens with zero attached hydrogens (tertiary/aromatic N) is 1. The summed E-state index contributed by atoms with van der Waals surface area (Å²) in [5, 5.41) is 0.520. The van der Waals surface area contributed by atoms with E-state index >= 15 is 0 Å². The average molecular weight is 280 g/mol. The van der Waals surface area contributed by atoms with Crippen LogP contribution in [0.5, 0.6) is 0 Å². The van der Waals surface area contributed by atoms with Crippen LogP contribution in [0.1, 0.15) is 29.8 Å². The smallest absolute Gasteiger partial charge is 0.166 e. The number of hydrogen-bond acceptors (Lipinski definition) is 1. The van der Waals surface area contributed by atoms with Gasteiger partial charge in [-0.25, -0.2) is 4.39 Å². The molecule has 4 heteroatoms. The number of halogens is 2. The third kappa shape index (κ3) is 3.24. The summed E-state index contributed by atoms with van der Waals surface area (Å²) in [6.45, 7) is 4.17. The molecule has 0 bridgehead atoms. The predicted molar refractivity (Wildman–Crippen MR) is 74.1 cm³/mol. The van der Waals surface area contributed by atoms with Crippen molar-refractivity contribution in [2.45, 2.75) is 20.4 Å². The molecule has 2 nitrogen and oxygen atoms in total. The van der Waals surface area contributed by atoms with Crippen molar-refractivity contribution in [3.63, 3.8) is 0 Å². The predicted octanol–water partition coefficient (Wildman–Crippen LogP) is 4.17. The molecule has 1 aromatic heterocycles. The van der Waals surface area contributed by atoms with Crippen molar-refractivity contribution in [3.8, 4) is 0 Å². The van der Waals surface area contributed by atoms with E-state index in [1.54, 1.807) is 18.5 Å². The maximum absolute atomic E-state index is 13.2. The van der Waals surface area contributed by atoms with Crippen molar-refractivity contribution in [3.05, 3.63) is 58.6 Å². The zero-order valence-electron chi connectivity index (χ0n) is 10.9. The Morgan fingerprint density at radius 3 is 2.79 bits per heavy atom. The lowest BCUT2D eigenvalue weighted by Crippen LogP contribution is -2.06. The van der Waals surface area contributed by atoms with Crippen LogP contribution < -0.4 is 0 Å². The fourth-order valence-corrected chi connectivity index (χ4v) is 2.06. The SMILES string of the molecule is CC(C)C(=O)c1ccn(Cc2cc(F)ccc2Cl)c1. The largest absolute Gasteiger partial charge is 0.349 e. The van der Waals surface area contributed by atoms with Gasteiger partial charge in [-0.1, -0.05) is 25.4 Å². The first-order valence-electron chi connectivity index (χ1n) is 6.11. The highest BCUT2D eigenvalue weighted by Crippen LogP contribution is 2.19. The third-order valence-electron chi connectivity index (χ3n) is 2.92. The highest BCUT2D eigenvalue weighted by atomic mass is 35.5. The lowest BCUT2D eigenvalue weighted by atomic mass is 10.0. The molecule has 0 atom stereocenters. The number of hydrogen-bond donors (Lipinski definition) is 0. The van der Waals surface area contributed by atoms with Gasteiger partial charge in [0.05, 0.1) is 0 Å². The van der Waals surface area contributed by atoms with Gasteiger partial charge in [-0.05, 0) is 29.8 Å². The summed E-state index contributed by atoms with van der Waals surface area (Å²) in [7, 11) is 0. The topological polar surface area (TPSA) is 22.0 Å². The monoisotopic (exact) mass is 279 g/mol. The number of rotatable bonds is 4. The maximum atomic E-state index is 13.2. The molecule has 0 aliphatic rings. The van der Waals surface area contributed by atoms with Gasteiger partial charge in [-0.15, -0.1) is 0 Å². The molecule has 0 radical (unpaired) electrons. The molecule has 0 unspecified atom stereocenters. The molecule has 0 aliphatic carbocycles. The average Bonchev–Trinajstić information content (AvgIpc) is 2.81. The Morgan fingerprint density at radius 2 is 2.11 bits per heavy atom. The minimum Gasteiger partial charge on any atom is -0.349 e. The number of Topliss-reactive ketones (excluding diaryl/α,β-unsaturated/α-hetero) is 1. The zero-order valence-corrected chi connectivity index (χ0v) is 11.6. The molecule has 2 rings (SSSR count). The van der Waals surface area contributed by atoms with Crippen LogP contribution in [0.3, 0.4) is 0 Å². The second kappa shape index (κ2) is 5.57. The number of aromatic nitrogens is 1. The van der Waals surface area contributed by atoms with Crippen molar-refractivity contribution >= 4 is 17.4 Å². The van der Waals surface area contributed by atoms with E-state index in [1.165, 1.54) is 18.2 Å². The van der Waals surface area contributed by atoms with E-state index in [-0.39, 0.29) is 17.5 Å². The first-order valence-corrected chi connectivity index (χ1v) is 6.49. The van der Waals surface area contributed by atoms with Crippen molar-refractivity contribution in [2.24, 2.45) is 5.92 Å². The van der Waals surface area contributed by atoms with Crippen LogP contribution in [-0.4, -0.2) is 10.4 Å². The number of carbonyl (C=O) groups is 1. The second-order valence-corrected chi connectivity index (χ2v) is 5.23. The first-order chi connectivity index (χ1) is 8.97. The van der Waals surface area contributed by atoms with Gasteiger partial charge in [0, 0.05) is 35.4 Å². The lowest BCUT2D eigenvalue weighted by molar-refractivity contribution is 0.0939. The molecule has 19 heavy (non-hydrogen) atoms. The highest BCUT2D eigenvalue weighted by molar-refractivity contribution is 6.31. The molecule has 0 saturated carbocycles. The van der Waals surface area contributed by atoms with E-state index in [0.717, 1.165) is 0 Å². The molecule has 0 aliphatic heterocycles. The summed E-state index contributed by atoms with van der Waals surface area (Å²) >= 11 is 6.02. The van der Waals surface area contributed by atoms with Crippen molar-refractivity contribution in [1.29, 1.82) is 0 Å². The molecule has 0 saturated heterocycles. The normalized spacial score (nSPS) is 11.0. The van der Waals surface area contributed by atoms with Gasteiger partial charge in [0.2, 0.25) is 0 Å².